The van der Waals surface area contributed by atoms with Gasteiger partial charge in [0.25, 0.3) is 5.69 Å². The lowest BCUT2D eigenvalue weighted by Gasteiger charge is -2.26. The highest BCUT2D eigenvalue weighted by molar-refractivity contribution is 7.80. The Morgan fingerprint density at radius 1 is 1.06 bits per heavy atom. The quantitative estimate of drug-likeness (QED) is 0.201. The third-order valence-electron chi connectivity index (χ3n) is 6.03. The number of rotatable bonds is 7. The van der Waals surface area contributed by atoms with E-state index in [1.807, 2.05) is 59.5 Å². The zero-order valence-electron chi connectivity index (χ0n) is 19.5. The summed E-state index contributed by atoms with van der Waals surface area (Å²) in [7, 11) is 3.09. The summed E-state index contributed by atoms with van der Waals surface area (Å²) >= 11 is 5.75. The Morgan fingerprint density at radius 3 is 2.53 bits per heavy atom. The number of aromatic nitrogens is 1. The maximum absolute atomic E-state index is 11.2. The Kier molecular flexibility index (Phi) is 6.26. The highest BCUT2D eigenvalue weighted by Gasteiger charge is 2.42. The molecule has 4 aromatic rings. The molecule has 2 aromatic heterocycles. The van der Waals surface area contributed by atoms with Crippen LogP contribution in [0.3, 0.4) is 0 Å². The lowest BCUT2D eigenvalue weighted by Crippen LogP contribution is -2.29. The van der Waals surface area contributed by atoms with E-state index in [1.165, 1.54) is 19.2 Å². The molecule has 1 fully saturated rings. The van der Waals surface area contributed by atoms with E-state index in [4.69, 9.17) is 26.1 Å². The van der Waals surface area contributed by atoms with Crippen molar-refractivity contribution in [2.24, 2.45) is 0 Å². The van der Waals surface area contributed by atoms with E-state index < -0.39 is 4.92 Å². The molecule has 10 heteroatoms. The smallest absolute Gasteiger partial charge is 0.273 e. The minimum Gasteiger partial charge on any atom is -0.497 e. The van der Waals surface area contributed by atoms with Gasteiger partial charge in [0.05, 0.1) is 42.5 Å². The summed E-state index contributed by atoms with van der Waals surface area (Å²) in [6, 6.07) is 20.8. The highest BCUT2D eigenvalue weighted by Crippen LogP contribution is 2.44. The van der Waals surface area contributed by atoms with Crippen LogP contribution in [-0.4, -0.2) is 29.2 Å². The van der Waals surface area contributed by atoms with E-state index in [2.05, 4.69) is 10.3 Å². The van der Waals surface area contributed by atoms with Crippen LogP contribution in [0.2, 0.25) is 0 Å². The largest absolute Gasteiger partial charge is 0.497 e. The van der Waals surface area contributed by atoms with Crippen molar-refractivity contribution in [3.8, 4) is 22.8 Å². The number of methoxy groups -OCH3 is 2. The van der Waals surface area contributed by atoms with Gasteiger partial charge < -0.3 is 24.1 Å². The van der Waals surface area contributed by atoms with Crippen LogP contribution in [-0.2, 0) is 0 Å². The van der Waals surface area contributed by atoms with Gasteiger partial charge in [0, 0.05) is 18.0 Å². The summed E-state index contributed by atoms with van der Waals surface area (Å²) in [5.41, 5.74) is 2.22. The molecule has 0 saturated carbocycles. The van der Waals surface area contributed by atoms with Gasteiger partial charge in [-0.05, 0) is 66.8 Å². The normalized spacial score (nSPS) is 17.1. The topological polar surface area (TPSA) is 103 Å². The summed E-state index contributed by atoms with van der Waals surface area (Å²) in [5.74, 6) is 2.24. The van der Waals surface area contributed by atoms with Crippen LogP contribution in [0.15, 0.2) is 83.4 Å². The van der Waals surface area contributed by atoms with Gasteiger partial charge in [-0.1, -0.05) is 6.07 Å². The SMILES string of the molecule is COc1ccc(N2C(=S)N[C@@H](c3ccccn3)[C@@H]2c2ccc(-c3ccc([N+](=O)[O-])cc3OC)o2)cc1. The Balaban J connectivity index is 1.58. The van der Waals surface area contributed by atoms with Crippen LogP contribution < -0.4 is 19.7 Å². The molecule has 0 bridgehead atoms. The Morgan fingerprint density at radius 2 is 1.86 bits per heavy atom. The Hall–Kier alpha value is -4.44. The van der Waals surface area contributed by atoms with Crippen molar-refractivity contribution in [3.05, 3.63) is 101 Å². The number of hydrogen-bond donors (Lipinski definition) is 1. The van der Waals surface area contributed by atoms with E-state index >= 15 is 0 Å². The maximum Gasteiger partial charge on any atom is 0.273 e. The van der Waals surface area contributed by atoms with Crippen molar-refractivity contribution in [1.82, 2.24) is 10.3 Å². The van der Waals surface area contributed by atoms with E-state index in [9.17, 15) is 10.1 Å². The van der Waals surface area contributed by atoms with E-state index in [-0.39, 0.29) is 17.8 Å². The van der Waals surface area contributed by atoms with Crippen molar-refractivity contribution in [3.63, 3.8) is 0 Å². The fraction of sp³-hybridized carbons (Fsp3) is 0.154. The standard InChI is InChI=1S/C26H22N4O5S/c1-33-18-9-6-16(7-10-18)29-25(24(28-26(29)36)20-5-3-4-14-27-20)22-13-12-21(35-22)19-11-8-17(30(31)32)15-23(19)34-2/h3-15,24-25H,1-2H3,(H,28,36)/t24-,25-/m0/s1. The molecule has 0 spiro atoms. The van der Waals surface area contributed by atoms with Crippen molar-refractivity contribution < 1.29 is 18.8 Å². The zero-order chi connectivity index (χ0) is 25.2. The molecule has 0 radical (unpaired) electrons. The molecule has 1 saturated heterocycles. The van der Waals surface area contributed by atoms with E-state index in [0.29, 0.717) is 27.9 Å². The monoisotopic (exact) mass is 502 g/mol. The van der Waals surface area contributed by atoms with Gasteiger partial charge in [0.15, 0.2) is 5.11 Å². The Labute approximate surface area is 212 Å². The number of anilines is 1. The number of furan rings is 1. The molecule has 1 N–H and O–H groups in total. The third-order valence-corrected chi connectivity index (χ3v) is 6.34. The molecule has 0 unspecified atom stereocenters. The first kappa shape index (κ1) is 23.3. The van der Waals surface area contributed by atoms with Crippen molar-refractivity contribution in [2.45, 2.75) is 12.1 Å². The van der Waals surface area contributed by atoms with Crippen LogP contribution in [0.5, 0.6) is 11.5 Å². The van der Waals surface area contributed by atoms with Gasteiger partial charge in [-0.15, -0.1) is 0 Å². The summed E-state index contributed by atoms with van der Waals surface area (Å²) < 4.78 is 17.1. The molecule has 5 rings (SSSR count). The van der Waals surface area contributed by atoms with Crippen LogP contribution in [0.1, 0.15) is 23.5 Å². The number of non-ortho nitro benzene ring substituents is 1. The van der Waals surface area contributed by atoms with Gasteiger partial charge in [-0.25, -0.2) is 0 Å². The summed E-state index contributed by atoms with van der Waals surface area (Å²) in [5, 5.41) is 15.1. The second-order valence-corrected chi connectivity index (χ2v) is 8.43. The molecule has 2 atom stereocenters. The molecule has 9 nitrogen and oxygen atoms in total. The van der Waals surface area contributed by atoms with Gasteiger partial charge in [0.2, 0.25) is 0 Å². The molecule has 3 heterocycles. The number of thiocarbonyl (C=S) groups is 1. The molecule has 2 aromatic carbocycles. The van der Waals surface area contributed by atoms with Gasteiger partial charge in [0.1, 0.15) is 29.1 Å². The third kappa shape index (κ3) is 4.22. The first-order chi connectivity index (χ1) is 17.5. The van der Waals surface area contributed by atoms with Gasteiger partial charge >= 0.3 is 0 Å². The lowest BCUT2D eigenvalue weighted by molar-refractivity contribution is -0.384. The first-order valence-corrected chi connectivity index (χ1v) is 11.5. The molecule has 1 aliphatic rings. The summed E-state index contributed by atoms with van der Waals surface area (Å²) in [6.07, 6.45) is 1.74. The predicted octanol–water partition coefficient (Wildman–Crippen LogP) is 5.44. The number of hydrogen-bond acceptors (Lipinski definition) is 7. The molecule has 0 amide bonds. The van der Waals surface area contributed by atoms with E-state index in [1.54, 1.807) is 19.4 Å². The molecular formula is C26H22N4O5S. The van der Waals surface area contributed by atoms with Gasteiger partial charge in [-0.2, -0.15) is 0 Å². The number of pyridine rings is 1. The van der Waals surface area contributed by atoms with Crippen LogP contribution in [0, 0.1) is 10.1 Å². The van der Waals surface area contributed by atoms with Crippen LogP contribution in [0.4, 0.5) is 11.4 Å². The fourth-order valence-electron chi connectivity index (χ4n) is 4.32. The fourth-order valence-corrected chi connectivity index (χ4v) is 4.66. The number of nitro benzene ring substituents is 1. The second kappa shape index (κ2) is 9.67. The van der Waals surface area contributed by atoms with Crippen LogP contribution in [0.25, 0.3) is 11.3 Å². The molecule has 182 valence electrons. The highest BCUT2D eigenvalue weighted by atomic mass is 32.1. The molecule has 1 aliphatic heterocycles. The van der Waals surface area contributed by atoms with Crippen molar-refractivity contribution in [2.75, 3.05) is 19.1 Å². The van der Waals surface area contributed by atoms with Crippen molar-refractivity contribution in [1.29, 1.82) is 0 Å². The maximum atomic E-state index is 11.2. The van der Waals surface area contributed by atoms with Crippen molar-refractivity contribution >= 4 is 28.7 Å². The summed E-state index contributed by atoms with van der Waals surface area (Å²) in [4.78, 5) is 17.3. The lowest BCUT2D eigenvalue weighted by atomic mass is 10.0. The molecule has 0 aliphatic carbocycles. The number of nitrogens with zero attached hydrogens (tertiary/aromatic N) is 3. The number of nitro groups is 1. The van der Waals surface area contributed by atoms with Gasteiger partial charge in [-0.3, -0.25) is 15.1 Å². The number of benzene rings is 2. The average molecular weight is 503 g/mol. The Bertz CT molecular complexity index is 1410. The summed E-state index contributed by atoms with van der Waals surface area (Å²) in [6.45, 7) is 0. The number of nitrogens with one attached hydrogen (secondary N) is 1. The molecular weight excluding hydrogens is 480 g/mol. The second-order valence-electron chi connectivity index (χ2n) is 8.04. The molecule has 36 heavy (non-hydrogen) atoms. The number of ether oxygens (including phenoxy) is 2. The van der Waals surface area contributed by atoms with Crippen LogP contribution >= 0.6 is 12.2 Å². The minimum absolute atomic E-state index is 0.0615. The average Bonchev–Trinajstić information content (AvgIpc) is 3.53. The van der Waals surface area contributed by atoms with E-state index in [0.717, 1.165) is 17.1 Å². The predicted molar refractivity (Wildman–Crippen MR) is 138 cm³/mol. The zero-order valence-corrected chi connectivity index (χ0v) is 20.3. The first-order valence-electron chi connectivity index (χ1n) is 11.1. The minimum atomic E-state index is -0.463.